The Balaban J connectivity index is 1.81. The van der Waals surface area contributed by atoms with Gasteiger partial charge in [0.2, 0.25) is 0 Å². The van der Waals surface area contributed by atoms with Gasteiger partial charge in [0.05, 0.1) is 0 Å². The van der Waals surface area contributed by atoms with E-state index in [1.165, 1.54) is 6.33 Å². The van der Waals surface area contributed by atoms with Gasteiger partial charge in [-0.25, -0.2) is 9.97 Å². The highest BCUT2D eigenvalue weighted by atomic mass is 16.5. The van der Waals surface area contributed by atoms with Crippen molar-refractivity contribution in [3.63, 3.8) is 0 Å². The second-order valence-corrected chi connectivity index (χ2v) is 5.58. The quantitative estimate of drug-likeness (QED) is 0.895. The Kier molecular flexibility index (Phi) is 3.64. The van der Waals surface area contributed by atoms with Crippen molar-refractivity contribution in [2.24, 2.45) is 5.92 Å². The number of nitrogens with one attached hydrogen (secondary N) is 1. The van der Waals surface area contributed by atoms with Crippen molar-refractivity contribution in [1.29, 1.82) is 0 Å². The van der Waals surface area contributed by atoms with Crippen LogP contribution >= 0.6 is 0 Å². The van der Waals surface area contributed by atoms with Gasteiger partial charge in [0, 0.05) is 19.2 Å². The zero-order valence-corrected chi connectivity index (χ0v) is 12.3. The molecule has 2 aromatic rings. The van der Waals surface area contributed by atoms with Gasteiger partial charge in [-0.2, -0.15) is 0 Å². The molecule has 0 unspecified atom stereocenters. The van der Waals surface area contributed by atoms with Crippen molar-refractivity contribution in [1.82, 2.24) is 15.1 Å². The molecule has 21 heavy (non-hydrogen) atoms. The van der Waals surface area contributed by atoms with E-state index in [1.54, 1.807) is 6.07 Å². The number of rotatable bonds is 3. The summed E-state index contributed by atoms with van der Waals surface area (Å²) in [6, 6.07) is 1.80. The maximum atomic E-state index is 6.22. The first-order chi connectivity index (χ1) is 10.1. The average molecular weight is 288 g/mol. The highest BCUT2D eigenvalue weighted by Gasteiger charge is 2.20. The molecule has 0 radical (unpaired) electrons. The summed E-state index contributed by atoms with van der Waals surface area (Å²) in [5.41, 5.74) is 6.76. The number of hydrogen-bond acceptors (Lipinski definition) is 7. The van der Waals surface area contributed by atoms with Gasteiger partial charge in [-0.1, -0.05) is 12.1 Å². The third-order valence-electron chi connectivity index (χ3n) is 3.82. The van der Waals surface area contributed by atoms with Crippen molar-refractivity contribution in [2.45, 2.75) is 26.7 Å². The third kappa shape index (κ3) is 2.91. The topological polar surface area (TPSA) is 93.1 Å². The number of nitrogens with zero attached hydrogens (tertiary/aromatic N) is 4. The fourth-order valence-corrected chi connectivity index (χ4v) is 2.50. The van der Waals surface area contributed by atoms with E-state index >= 15 is 0 Å². The van der Waals surface area contributed by atoms with Gasteiger partial charge in [0.25, 0.3) is 0 Å². The van der Waals surface area contributed by atoms with E-state index in [9.17, 15) is 0 Å². The fraction of sp³-hybridized carbons (Fsp3) is 0.500. The zero-order valence-electron chi connectivity index (χ0n) is 12.3. The monoisotopic (exact) mass is 288 g/mol. The smallest absolute Gasteiger partial charge is 0.175 e. The van der Waals surface area contributed by atoms with E-state index in [-0.39, 0.29) is 0 Å². The van der Waals surface area contributed by atoms with Crippen molar-refractivity contribution < 1.29 is 4.52 Å². The molecular formula is C14H20N6O. The van der Waals surface area contributed by atoms with Crippen LogP contribution in [-0.2, 0) is 0 Å². The van der Waals surface area contributed by atoms with Crippen LogP contribution in [0.4, 0.5) is 23.1 Å². The molecule has 7 heteroatoms. The second kappa shape index (κ2) is 5.59. The molecule has 2 aromatic heterocycles. The standard InChI is InChI=1S/C14H20N6O/c1-9-3-5-20(6-4-9)14-12(15)13(16-8-17-14)18-11-7-10(2)21-19-11/h7-9H,3-6,15H2,1-2H3,(H,16,17,18,19). The minimum Gasteiger partial charge on any atom is -0.393 e. The van der Waals surface area contributed by atoms with Crippen LogP contribution in [0.1, 0.15) is 25.5 Å². The molecule has 0 aromatic carbocycles. The van der Waals surface area contributed by atoms with E-state index in [0.717, 1.165) is 43.4 Å². The number of nitrogens with two attached hydrogens (primary N) is 1. The normalized spacial score (nSPS) is 16.2. The largest absolute Gasteiger partial charge is 0.393 e. The first-order valence-corrected chi connectivity index (χ1v) is 7.19. The third-order valence-corrected chi connectivity index (χ3v) is 3.82. The second-order valence-electron chi connectivity index (χ2n) is 5.58. The van der Waals surface area contributed by atoms with Crippen LogP contribution in [0.15, 0.2) is 16.9 Å². The van der Waals surface area contributed by atoms with Crippen molar-refractivity contribution >= 4 is 23.1 Å². The summed E-state index contributed by atoms with van der Waals surface area (Å²) in [4.78, 5) is 10.8. The molecule has 0 atom stereocenters. The molecule has 0 saturated carbocycles. The lowest BCUT2D eigenvalue weighted by Crippen LogP contribution is -2.34. The van der Waals surface area contributed by atoms with Gasteiger partial charge in [-0.05, 0) is 25.7 Å². The van der Waals surface area contributed by atoms with Gasteiger partial charge < -0.3 is 20.5 Å². The van der Waals surface area contributed by atoms with Gasteiger partial charge in [0.15, 0.2) is 17.5 Å². The summed E-state index contributed by atoms with van der Waals surface area (Å²) < 4.78 is 5.03. The summed E-state index contributed by atoms with van der Waals surface area (Å²) in [5.74, 6) is 3.44. The van der Waals surface area contributed by atoms with Gasteiger partial charge in [0.1, 0.15) is 17.8 Å². The molecule has 1 saturated heterocycles. The summed E-state index contributed by atoms with van der Waals surface area (Å²) in [7, 11) is 0. The predicted molar refractivity (Wildman–Crippen MR) is 81.6 cm³/mol. The first kappa shape index (κ1) is 13.7. The lowest BCUT2D eigenvalue weighted by Gasteiger charge is -2.32. The van der Waals surface area contributed by atoms with Crippen molar-refractivity contribution in [2.75, 3.05) is 29.0 Å². The summed E-state index contributed by atoms with van der Waals surface area (Å²) >= 11 is 0. The molecule has 3 rings (SSSR count). The summed E-state index contributed by atoms with van der Waals surface area (Å²) in [5, 5.41) is 6.96. The van der Waals surface area contributed by atoms with Crippen LogP contribution in [0, 0.1) is 12.8 Å². The number of hydrogen-bond donors (Lipinski definition) is 2. The van der Waals surface area contributed by atoms with E-state index in [4.69, 9.17) is 10.3 Å². The number of aryl methyl sites for hydroxylation is 1. The number of anilines is 4. The molecule has 112 valence electrons. The van der Waals surface area contributed by atoms with E-state index < -0.39 is 0 Å². The maximum Gasteiger partial charge on any atom is 0.175 e. The van der Waals surface area contributed by atoms with Crippen LogP contribution in [-0.4, -0.2) is 28.2 Å². The fourth-order valence-electron chi connectivity index (χ4n) is 2.50. The molecule has 0 bridgehead atoms. The molecule has 0 spiro atoms. The highest BCUT2D eigenvalue weighted by molar-refractivity contribution is 5.77. The number of nitrogen functional groups attached to an aromatic ring is 1. The first-order valence-electron chi connectivity index (χ1n) is 7.19. The van der Waals surface area contributed by atoms with Gasteiger partial charge in [-0.3, -0.25) is 0 Å². The summed E-state index contributed by atoms with van der Waals surface area (Å²) in [6.07, 6.45) is 3.85. The van der Waals surface area contributed by atoms with E-state index in [0.29, 0.717) is 17.3 Å². The molecule has 0 amide bonds. The lowest BCUT2D eigenvalue weighted by molar-refractivity contribution is 0.400. The maximum absolute atomic E-state index is 6.22. The Hall–Kier alpha value is -2.31. The molecule has 3 N–H and O–H groups in total. The average Bonchev–Trinajstić information content (AvgIpc) is 2.88. The predicted octanol–water partition coefficient (Wildman–Crippen LogP) is 2.34. The minimum absolute atomic E-state index is 0.549. The Morgan fingerprint density at radius 1 is 1.33 bits per heavy atom. The number of aromatic nitrogens is 3. The molecule has 1 fully saturated rings. The highest BCUT2D eigenvalue weighted by Crippen LogP contribution is 2.30. The van der Waals surface area contributed by atoms with E-state index in [1.807, 2.05) is 6.92 Å². The Morgan fingerprint density at radius 2 is 2.10 bits per heavy atom. The van der Waals surface area contributed by atoms with E-state index in [2.05, 4.69) is 32.3 Å². The molecule has 1 aliphatic heterocycles. The molecule has 1 aliphatic rings. The molecule has 7 nitrogen and oxygen atoms in total. The van der Waals surface area contributed by atoms with Crippen LogP contribution in [0.5, 0.6) is 0 Å². The van der Waals surface area contributed by atoms with Crippen molar-refractivity contribution in [3.05, 3.63) is 18.2 Å². The molecular weight excluding hydrogens is 268 g/mol. The van der Waals surface area contributed by atoms with Crippen LogP contribution in [0.3, 0.4) is 0 Å². The summed E-state index contributed by atoms with van der Waals surface area (Å²) in [6.45, 7) is 6.07. The van der Waals surface area contributed by atoms with Gasteiger partial charge >= 0.3 is 0 Å². The van der Waals surface area contributed by atoms with Gasteiger partial charge in [-0.15, -0.1) is 0 Å². The van der Waals surface area contributed by atoms with Crippen LogP contribution in [0.25, 0.3) is 0 Å². The van der Waals surface area contributed by atoms with Crippen LogP contribution in [0.2, 0.25) is 0 Å². The minimum atomic E-state index is 0.549. The Labute approximate surface area is 123 Å². The molecule has 3 heterocycles. The Bertz CT molecular complexity index is 618. The van der Waals surface area contributed by atoms with Crippen LogP contribution < -0.4 is 16.0 Å². The lowest BCUT2D eigenvalue weighted by atomic mass is 9.99. The van der Waals surface area contributed by atoms with Crippen molar-refractivity contribution in [3.8, 4) is 0 Å². The molecule has 0 aliphatic carbocycles. The number of piperidine rings is 1. The SMILES string of the molecule is Cc1cc(Nc2ncnc(N3CCC(C)CC3)c2N)no1. The Morgan fingerprint density at radius 3 is 2.76 bits per heavy atom. The zero-order chi connectivity index (χ0) is 14.8.